The van der Waals surface area contributed by atoms with Gasteiger partial charge in [0.25, 0.3) is 5.91 Å². The van der Waals surface area contributed by atoms with Gasteiger partial charge in [-0.05, 0) is 57.0 Å². The van der Waals surface area contributed by atoms with E-state index in [0.29, 0.717) is 12.1 Å². The predicted molar refractivity (Wildman–Crippen MR) is 105 cm³/mol. The molecule has 0 aliphatic carbocycles. The van der Waals surface area contributed by atoms with Crippen LogP contribution in [-0.2, 0) is 6.42 Å². The van der Waals surface area contributed by atoms with Crippen LogP contribution in [0.25, 0.3) is 0 Å². The summed E-state index contributed by atoms with van der Waals surface area (Å²) in [5, 5.41) is 3.81. The van der Waals surface area contributed by atoms with Crippen LogP contribution < -0.4 is 5.32 Å². The van der Waals surface area contributed by atoms with Crippen molar-refractivity contribution in [2.45, 2.75) is 37.3 Å². The van der Waals surface area contributed by atoms with Gasteiger partial charge in [0.1, 0.15) is 0 Å². The van der Waals surface area contributed by atoms with E-state index in [9.17, 15) is 4.79 Å². The number of likely N-dealkylation sites (tertiary alicyclic amines) is 1. The van der Waals surface area contributed by atoms with E-state index in [1.165, 1.54) is 32.4 Å². The Balaban J connectivity index is 1.38. The molecule has 2 heterocycles. The minimum atomic E-state index is -0.0222. The molecule has 5 nitrogen and oxygen atoms in total. The number of aromatic nitrogens is 2. The number of nitrogens with zero attached hydrogens (tertiary/aromatic N) is 3. The first-order chi connectivity index (χ1) is 12.8. The molecule has 0 bridgehead atoms. The third-order valence-electron chi connectivity index (χ3n) is 4.45. The average Bonchev–Trinajstić information content (AvgIpc) is 2.71. The summed E-state index contributed by atoms with van der Waals surface area (Å²) in [5.74, 6) is 0.947. The SMILES string of the molecule is O=C(NCCCc1ccnc(SCN2CCCCC2)n1)c1ccccc1. The summed E-state index contributed by atoms with van der Waals surface area (Å²) in [6.45, 7) is 3.02. The molecule has 1 amide bonds. The Morgan fingerprint density at radius 2 is 1.92 bits per heavy atom. The van der Waals surface area contributed by atoms with Crippen LogP contribution in [0.4, 0.5) is 0 Å². The van der Waals surface area contributed by atoms with E-state index in [1.54, 1.807) is 11.8 Å². The zero-order chi connectivity index (χ0) is 18.0. The number of nitrogens with one attached hydrogen (secondary N) is 1. The fourth-order valence-corrected chi connectivity index (χ4v) is 3.86. The number of aryl methyl sites for hydroxylation is 1. The van der Waals surface area contributed by atoms with Gasteiger partial charge in [-0.25, -0.2) is 9.97 Å². The quantitative estimate of drug-likeness (QED) is 0.439. The van der Waals surface area contributed by atoms with Crippen molar-refractivity contribution in [3.8, 4) is 0 Å². The lowest BCUT2D eigenvalue weighted by molar-refractivity contribution is 0.0953. The fraction of sp³-hybridized carbons (Fsp3) is 0.450. The Bertz CT molecular complexity index is 689. The third kappa shape index (κ3) is 6.11. The maximum atomic E-state index is 12.0. The van der Waals surface area contributed by atoms with Crippen molar-refractivity contribution in [2.24, 2.45) is 0 Å². The number of benzene rings is 1. The van der Waals surface area contributed by atoms with E-state index in [0.717, 1.165) is 29.6 Å². The van der Waals surface area contributed by atoms with Crippen LogP contribution in [0, 0.1) is 0 Å². The Hall–Kier alpha value is -1.92. The van der Waals surface area contributed by atoms with E-state index in [2.05, 4.69) is 20.2 Å². The van der Waals surface area contributed by atoms with Crippen molar-refractivity contribution >= 4 is 17.7 Å². The molecule has 0 atom stereocenters. The monoisotopic (exact) mass is 370 g/mol. The number of thioether (sulfide) groups is 1. The lowest BCUT2D eigenvalue weighted by Gasteiger charge is -2.25. The zero-order valence-electron chi connectivity index (χ0n) is 15.1. The molecule has 0 radical (unpaired) electrons. The van der Waals surface area contributed by atoms with Gasteiger partial charge in [0, 0.05) is 24.0 Å². The van der Waals surface area contributed by atoms with Crippen LogP contribution in [0.1, 0.15) is 41.7 Å². The molecule has 3 rings (SSSR count). The second kappa shape index (κ2) is 10.3. The molecule has 1 aromatic heterocycles. The highest BCUT2D eigenvalue weighted by atomic mass is 32.2. The van der Waals surface area contributed by atoms with Crippen molar-refractivity contribution in [2.75, 3.05) is 25.5 Å². The molecule has 0 saturated carbocycles. The van der Waals surface area contributed by atoms with Gasteiger partial charge in [-0.15, -0.1) is 0 Å². The summed E-state index contributed by atoms with van der Waals surface area (Å²) in [6, 6.07) is 11.3. The first-order valence-corrected chi connectivity index (χ1v) is 10.3. The molecule has 138 valence electrons. The standard InChI is InChI=1S/C20H26N4OS/c25-19(17-8-3-1-4-9-17)21-12-7-10-18-11-13-22-20(23-18)26-16-24-14-5-2-6-15-24/h1,3-4,8-9,11,13H,2,5-7,10,12,14-16H2,(H,21,25). The molecular weight excluding hydrogens is 344 g/mol. The molecule has 1 aliphatic rings. The molecule has 1 aliphatic heterocycles. The van der Waals surface area contributed by atoms with E-state index in [4.69, 9.17) is 0 Å². The number of hydrogen-bond donors (Lipinski definition) is 1. The summed E-state index contributed by atoms with van der Waals surface area (Å²) in [5.41, 5.74) is 1.74. The van der Waals surface area contributed by atoms with Crippen LogP contribution in [0.2, 0.25) is 0 Å². The maximum Gasteiger partial charge on any atom is 0.251 e. The Morgan fingerprint density at radius 1 is 1.12 bits per heavy atom. The number of rotatable bonds is 8. The second-order valence-corrected chi connectivity index (χ2v) is 7.42. The summed E-state index contributed by atoms with van der Waals surface area (Å²) >= 11 is 1.72. The van der Waals surface area contributed by atoms with Crippen molar-refractivity contribution in [1.82, 2.24) is 20.2 Å². The summed E-state index contributed by atoms with van der Waals surface area (Å²) in [7, 11) is 0. The van der Waals surface area contributed by atoms with Gasteiger partial charge in [-0.1, -0.05) is 36.4 Å². The summed E-state index contributed by atoms with van der Waals surface area (Å²) in [4.78, 5) is 23.5. The summed E-state index contributed by atoms with van der Waals surface area (Å²) < 4.78 is 0. The van der Waals surface area contributed by atoms with Crippen LogP contribution in [0.3, 0.4) is 0 Å². The number of piperidine rings is 1. The molecule has 1 N–H and O–H groups in total. The van der Waals surface area contributed by atoms with Gasteiger partial charge in [-0.3, -0.25) is 9.69 Å². The molecule has 1 saturated heterocycles. The summed E-state index contributed by atoms with van der Waals surface area (Å²) in [6.07, 6.45) is 7.50. The smallest absolute Gasteiger partial charge is 0.251 e. The number of carbonyl (C=O) groups excluding carboxylic acids is 1. The molecule has 0 spiro atoms. The average molecular weight is 371 g/mol. The molecule has 0 unspecified atom stereocenters. The molecule has 1 aromatic carbocycles. The van der Waals surface area contributed by atoms with Crippen LogP contribution in [0.15, 0.2) is 47.8 Å². The molecule has 26 heavy (non-hydrogen) atoms. The maximum absolute atomic E-state index is 12.0. The fourth-order valence-electron chi connectivity index (χ4n) is 2.99. The number of amides is 1. The van der Waals surface area contributed by atoms with Crippen molar-refractivity contribution < 1.29 is 4.79 Å². The van der Waals surface area contributed by atoms with E-state index < -0.39 is 0 Å². The van der Waals surface area contributed by atoms with Crippen LogP contribution >= 0.6 is 11.8 Å². The predicted octanol–water partition coefficient (Wildman–Crippen LogP) is 3.37. The van der Waals surface area contributed by atoms with Gasteiger partial charge in [0.05, 0.1) is 5.88 Å². The van der Waals surface area contributed by atoms with Crippen molar-refractivity contribution in [3.63, 3.8) is 0 Å². The zero-order valence-corrected chi connectivity index (χ0v) is 15.9. The first kappa shape index (κ1) is 18.9. The molecule has 1 fully saturated rings. The second-order valence-electron chi connectivity index (χ2n) is 6.51. The minimum Gasteiger partial charge on any atom is -0.352 e. The number of carbonyl (C=O) groups is 1. The van der Waals surface area contributed by atoms with E-state index >= 15 is 0 Å². The minimum absolute atomic E-state index is 0.0222. The molecular formula is C20H26N4OS. The normalized spacial score (nSPS) is 14.9. The highest BCUT2D eigenvalue weighted by Crippen LogP contribution is 2.18. The highest BCUT2D eigenvalue weighted by Gasteiger charge is 2.11. The first-order valence-electron chi connectivity index (χ1n) is 9.31. The van der Waals surface area contributed by atoms with Gasteiger partial charge in [0.15, 0.2) is 5.16 Å². The number of hydrogen-bond acceptors (Lipinski definition) is 5. The topological polar surface area (TPSA) is 58.1 Å². The third-order valence-corrected chi connectivity index (χ3v) is 5.40. The Labute approximate surface area is 159 Å². The van der Waals surface area contributed by atoms with Crippen LogP contribution in [-0.4, -0.2) is 46.3 Å². The van der Waals surface area contributed by atoms with Gasteiger partial charge >= 0.3 is 0 Å². The molecule has 6 heteroatoms. The van der Waals surface area contributed by atoms with Crippen molar-refractivity contribution in [3.05, 3.63) is 53.9 Å². The Morgan fingerprint density at radius 3 is 2.73 bits per heavy atom. The lowest BCUT2D eigenvalue weighted by Crippen LogP contribution is -2.29. The van der Waals surface area contributed by atoms with Gasteiger partial charge < -0.3 is 5.32 Å². The van der Waals surface area contributed by atoms with Crippen LogP contribution in [0.5, 0.6) is 0 Å². The van der Waals surface area contributed by atoms with Gasteiger partial charge in [-0.2, -0.15) is 0 Å². The van der Waals surface area contributed by atoms with E-state index in [1.807, 2.05) is 42.6 Å². The van der Waals surface area contributed by atoms with Crippen molar-refractivity contribution in [1.29, 1.82) is 0 Å². The largest absolute Gasteiger partial charge is 0.352 e. The lowest BCUT2D eigenvalue weighted by atomic mass is 10.1. The van der Waals surface area contributed by atoms with Gasteiger partial charge in [0.2, 0.25) is 0 Å². The van der Waals surface area contributed by atoms with E-state index in [-0.39, 0.29) is 5.91 Å². The molecule has 2 aromatic rings. The highest BCUT2D eigenvalue weighted by molar-refractivity contribution is 7.99. The Kier molecular flexibility index (Phi) is 7.46.